The van der Waals surface area contributed by atoms with E-state index in [2.05, 4.69) is 0 Å². The highest BCUT2D eigenvalue weighted by atomic mass is 35.5. The second-order valence-corrected chi connectivity index (χ2v) is 4.48. The highest BCUT2D eigenvalue weighted by molar-refractivity contribution is 6.33. The van der Waals surface area contributed by atoms with Crippen molar-refractivity contribution < 1.29 is 4.79 Å². The Bertz CT molecular complexity index is 580. The third kappa shape index (κ3) is 2.39. The van der Waals surface area contributed by atoms with Gasteiger partial charge in [0.2, 0.25) is 5.91 Å². The van der Waals surface area contributed by atoms with Gasteiger partial charge in [0.25, 0.3) is 0 Å². The first-order valence-corrected chi connectivity index (χ1v) is 6.07. The molecule has 0 aliphatic rings. The van der Waals surface area contributed by atoms with Crippen LogP contribution in [0.1, 0.15) is 6.92 Å². The Labute approximate surface area is 112 Å². The summed E-state index contributed by atoms with van der Waals surface area (Å²) in [5.41, 5.74) is 2.75. The predicted molar refractivity (Wildman–Crippen MR) is 76.0 cm³/mol. The number of benzene rings is 2. The van der Waals surface area contributed by atoms with Crippen molar-refractivity contribution in [2.75, 3.05) is 11.9 Å². The number of rotatable bonds is 2. The highest BCUT2D eigenvalue weighted by Gasteiger charge is 2.13. The van der Waals surface area contributed by atoms with Gasteiger partial charge < -0.3 is 4.90 Å². The zero-order valence-corrected chi connectivity index (χ0v) is 11.1. The number of hydrogen-bond donors (Lipinski definition) is 0. The van der Waals surface area contributed by atoms with Gasteiger partial charge in [0, 0.05) is 30.1 Å². The van der Waals surface area contributed by atoms with Crippen LogP contribution < -0.4 is 4.90 Å². The summed E-state index contributed by atoms with van der Waals surface area (Å²) in [5.74, 6) is -0.00509. The molecule has 0 saturated heterocycles. The Morgan fingerprint density at radius 3 is 2.17 bits per heavy atom. The van der Waals surface area contributed by atoms with Crippen LogP contribution in [0, 0.1) is 0 Å². The maximum absolute atomic E-state index is 11.5. The van der Waals surface area contributed by atoms with Gasteiger partial charge in [-0.15, -0.1) is 0 Å². The maximum atomic E-state index is 11.5. The van der Waals surface area contributed by atoms with Gasteiger partial charge in [-0.3, -0.25) is 4.79 Å². The summed E-state index contributed by atoms with van der Waals surface area (Å²) in [6.45, 7) is 1.55. The average Bonchev–Trinajstić information content (AvgIpc) is 2.38. The summed E-state index contributed by atoms with van der Waals surface area (Å²) in [6.07, 6.45) is 0. The minimum absolute atomic E-state index is 0.00509. The molecule has 2 rings (SSSR count). The molecule has 3 heteroatoms. The number of amides is 1. The molecule has 0 fully saturated rings. The number of para-hydroxylation sites is 1. The van der Waals surface area contributed by atoms with Crippen molar-refractivity contribution >= 4 is 23.2 Å². The molecule has 0 heterocycles. The molecule has 92 valence electrons. The number of halogens is 1. The molecule has 0 aromatic heterocycles. The molecule has 0 spiro atoms. The molecular formula is C15H14ClNO. The molecule has 0 radical (unpaired) electrons. The molecule has 0 aliphatic heterocycles. The zero-order chi connectivity index (χ0) is 13.1. The first-order chi connectivity index (χ1) is 8.61. The second kappa shape index (κ2) is 5.23. The fourth-order valence-corrected chi connectivity index (χ4v) is 2.08. The monoisotopic (exact) mass is 259 g/mol. The van der Waals surface area contributed by atoms with Crippen LogP contribution in [0.2, 0.25) is 5.02 Å². The van der Waals surface area contributed by atoms with Gasteiger partial charge in [0.1, 0.15) is 0 Å². The van der Waals surface area contributed by atoms with Crippen LogP contribution in [0.4, 0.5) is 5.69 Å². The summed E-state index contributed by atoms with van der Waals surface area (Å²) in [5, 5.41) is 0.682. The molecule has 0 bridgehead atoms. The third-order valence-electron chi connectivity index (χ3n) is 2.90. The normalized spacial score (nSPS) is 10.2. The lowest BCUT2D eigenvalue weighted by Gasteiger charge is -2.19. The Kier molecular flexibility index (Phi) is 3.68. The number of anilines is 1. The van der Waals surface area contributed by atoms with Gasteiger partial charge >= 0.3 is 0 Å². The predicted octanol–water partition coefficient (Wildman–Crippen LogP) is 3.99. The number of hydrogen-bond acceptors (Lipinski definition) is 1. The van der Waals surface area contributed by atoms with E-state index in [1.54, 1.807) is 18.9 Å². The summed E-state index contributed by atoms with van der Waals surface area (Å²) >= 11 is 6.21. The quantitative estimate of drug-likeness (QED) is 0.799. The fraction of sp³-hybridized carbons (Fsp3) is 0.133. The standard InChI is InChI=1S/C15H14ClNO/c1-11(18)17(2)15-10-6-4-8-13(15)12-7-3-5-9-14(12)16/h3-10H,1-2H3. The number of carbonyl (C=O) groups excluding carboxylic acids is 1. The highest BCUT2D eigenvalue weighted by Crippen LogP contribution is 2.34. The van der Waals surface area contributed by atoms with E-state index in [1.807, 2.05) is 48.5 Å². The second-order valence-electron chi connectivity index (χ2n) is 4.08. The number of carbonyl (C=O) groups is 1. The van der Waals surface area contributed by atoms with Gasteiger partial charge in [-0.05, 0) is 12.1 Å². The molecule has 18 heavy (non-hydrogen) atoms. The molecule has 0 atom stereocenters. The van der Waals surface area contributed by atoms with Crippen LogP contribution in [0.15, 0.2) is 48.5 Å². The Balaban J connectivity index is 2.59. The first-order valence-electron chi connectivity index (χ1n) is 5.69. The molecular weight excluding hydrogens is 246 g/mol. The summed E-state index contributed by atoms with van der Waals surface area (Å²) in [4.78, 5) is 13.1. The van der Waals surface area contributed by atoms with Crippen LogP contribution in [0.5, 0.6) is 0 Å². The molecule has 2 nitrogen and oxygen atoms in total. The maximum Gasteiger partial charge on any atom is 0.223 e. The fourth-order valence-electron chi connectivity index (χ4n) is 1.84. The van der Waals surface area contributed by atoms with Gasteiger partial charge in [0.15, 0.2) is 0 Å². The summed E-state index contributed by atoms with van der Waals surface area (Å²) in [7, 11) is 1.76. The minimum Gasteiger partial charge on any atom is -0.315 e. The van der Waals surface area contributed by atoms with E-state index in [1.165, 1.54) is 0 Å². The SMILES string of the molecule is CC(=O)N(C)c1ccccc1-c1ccccc1Cl. The van der Waals surface area contributed by atoms with E-state index in [4.69, 9.17) is 11.6 Å². The first kappa shape index (κ1) is 12.7. The van der Waals surface area contributed by atoms with Crippen LogP contribution >= 0.6 is 11.6 Å². The van der Waals surface area contributed by atoms with Crippen molar-refractivity contribution in [2.24, 2.45) is 0 Å². The van der Waals surface area contributed by atoms with Crippen LogP contribution in [0.25, 0.3) is 11.1 Å². The lowest BCUT2D eigenvalue weighted by atomic mass is 10.0. The van der Waals surface area contributed by atoms with Crippen LogP contribution in [-0.2, 0) is 4.79 Å². The molecule has 0 saturated carbocycles. The van der Waals surface area contributed by atoms with Crippen molar-refractivity contribution in [2.45, 2.75) is 6.92 Å². The van der Waals surface area contributed by atoms with E-state index in [9.17, 15) is 4.79 Å². The van der Waals surface area contributed by atoms with Crippen molar-refractivity contribution in [3.63, 3.8) is 0 Å². The largest absolute Gasteiger partial charge is 0.315 e. The van der Waals surface area contributed by atoms with Gasteiger partial charge in [-0.1, -0.05) is 48.0 Å². The van der Waals surface area contributed by atoms with E-state index >= 15 is 0 Å². The summed E-state index contributed by atoms with van der Waals surface area (Å²) < 4.78 is 0. The molecule has 0 N–H and O–H groups in total. The van der Waals surface area contributed by atoms with Crippen LogP contribution in [-0.4, -0.2) is 13.0 Å². The van der Waals surface area contributed by atoms with Crippen molar-refractivity contribution in [1.82, 2.24) is 0 Å². The topological polar surface area (TPSA) is 20.3 Å². The van der Waals surface area contributed by atoms with Gasteiger partial charge in [0.05, 0.1) is 5.69 Å². The van der Waals surface area contributed by atoms with E-state index in [0.29, 0.717) is 5.02 Å². The molecule has 1 amide bonds. The molecule has 2 aromatic carbocycles. The van der Waals surface area contributed by atoms with E-state index in [-0.39, 0.29) is 5.91 Å². The Morgan fingerprint density at radius 1 is 1.00 bits per heavy atom. The lowest BCUT2D eigenvalue weighted by molar-refractivity contribution is -0.116. The van der Waals surface area contributed by atoms with Gasteiger partial charge in [-0.2, -0.15) is 0 Å². The molecule has 0 aliphatic carbocycles. The van der Waals surface area contributed by atoms with Crippen molar-refractivity contribution in [1.29, 1.82) is 0 Å². The molecule has 0 unspecified atom stereocenters. The van der Waals surface area contributed by atoms with E-state index in [0.717, 1.165) is 16.8 Å². The molecule has 2 aromatic rings. The minimum atomic E-state index is -0.00509. The third-order valence-corrected chi connectivity index (χ3v) is 3.23. The number of nitrogens with zero attached hydrogens (tertiary/aromatic N) is 1. The lowest BCUT2D eigenvalue weighted by Crippen LogP contribution is -2.23. The van der Waals surface area contributed by atoms with E-state index < -0.39 is 0 Å². The zero-order valence-electron chi connectivity index (χ0n) is 10.4. The summed E-state index contributed by atoms with van der Waals surface area (Å²) in [6, 6.07) is 15.4. The van der Waals surface area contributed by atoms with Crippen LogP contribution in [0.3, 0.4) is 0 Å². The van der Waals surface area contributed by atoms with Crippen molar-refractivity contribution in [3.05, 3.63) is 53.6 Å². The smallest absolute Gasteiger partial charge is 0.223 e. The van der Waals surface area contributed by atoms with Gasteiger partial charge in [-0.25, -0.2) is 0 Å². The Hall–Kier alpha value is -1.80. The Morgan fingerprint density at radius 2 is 1.56 bits per heavy atom. The van der Waals surface area contributed by atoms with Crippen molar-refractivity contribution in [3.8, 4) is 11.1 Å². The average molecular weight is 260 g/mol.